The summed E-state index contributed by atoms with van der Waals surface area (Å²) in [6.45, 7) is 18.5. The van der Waals surface area contributed by atoms with Gasteiger partial charge in [0.15, 0.2) is 0 Å². The van der Waals surface area contributed by atoms with Crippen molar-refractivity contribution in [3.63, 3.8) is 0 Å². The van der Waals surface area contributed by atoms with Crippen molar-refractivity contribution in [3.8, 4) is 6.07 Å². The number of hydrogen-bond donors (Lipinski definition) is 0. The van der Waals surface area contributed by atoms with Crippen LogP contribution in [0.1, 0.15) is 66.2 Å². The van der Waals surface area contributed by atoms with Crippen LogP contribution in [0.25, 0.3) is 0 Å². The summed E-state index contributed by atoms with van der Waals surface area (Å²) >= 11 is 0. The highest BCUT2D eigenvalue weighted by Gasteiger charge is 2.45. The standard InChI is InChI=1S/C23H42N4/c1-5-21(4)27-14-12-26(13-15-27)19-23(17-24)8-10-25(11-9-23)18-22(6-7-22)16-20(2)3/h20-21H,5-16,18-19H2,1-4H3. The minimum absolute atomic E-state index is 0.107. The molecular weight excluding hydrogens is 332 g/mol. The van der Waals surface area contributed by atoms with Crippen molar-refractivity contribution >= 4 is 0 Å². The van der Waals surface area contributed by atoms with Crippen molar-refractivity contribution in [1.82, 2.24) is 14.7 Å². The molecule has 0 aromatic heterocycles. The Morgan fingerprint density at radius 1 is 0.852 bits per heavy atom. The van der Waals surface area contributed by atoms with E-state index in [1.54, 1.807) is 0 Å². The van der Waals surface area contributed by atoms with Crippen molar-refractivity contribution in [1.29, 1.82) is 5.26 Å². The third-order valence-corrected chi connectivity index (χ3v) is 7.56. The Bertz CT molecular complexity index is 503. The third-order valence-electron chi connectivity index (χ3n) is 7.56. The molecule has 4 nitrogen and oxygen atoms in total. The largest absolute Gasteiger partial charge is 0.303 e. The molecule has 0 radical (unpaired) electrons. The molecule has 1 unspecified atom stereocenters. The van der Waals surface area contributed by atoms with Crippen LogP contribution >= 0.6 is 0 Å². The molecule has 3 rings (SSSR count). The molecular formula is C23H42N4. The minimum Gasteiger partial charge on any atom is -0.303 e. The lowest BCUT2D eigenvalue weighted by Crippen LogP contribution is -2.53. The van der Waals surface area contributed by atoms with Gasteiger partial charge in [-0.05, 0) is 69.9 Å². The summed E-state index contributed by atoms with van der Waals surface area (Å²) in [6.07, 6.45) is 7.58. The van der Waals surface area contributed by atoms with E-state index in [0.717, 1.165) is 51.5 Å². The van der Waals surface area contributed by atoms with Crippen molar-refractivity contribution in [2.45, 2.75) is 72.3 Å². The predicted octanol–water partition coefficient (Wildman–Crippen LogP) is 3.83. The molecule has 2 saturated heterocycles. The summed E-state index contributed by atoms with van der Waals surface area (Å²) in [5.41, 5.74) is 0.511. The minimum atomic E-state index is -0.107. The zero-order valence-corrected chi connectivity index (χ0v) is 18.3. The second-order valence-corrected chi connectivity index (χ2v) is 10.3. The summed E-state index contributed by atoms with van der Waals surface area (Å²) in [6, 6.07) is 3.45. The Kier molecular flexibility index (Phi) is 6.88. The molecule has 2 heterocycles. The van der Waals surface area contributed by atoms with Crippen LogP contribution in [0.4, 0.5) is 0 Å². The van der Waals surface area contributed by atoms with E-state index in [9.17, 15) is 5.26 Å². The number of nitrogens with zero attached hydrogens (tertiary/aromatic N) is 4. The van der Waals surface area contributed by atoms with Crippen LogP contribution in [0, 0.1) is 28.1 Å². The van der Waals surface area contributed by atoms with E-state index in [1.165, 1.54) is 45.3 Å². The molecule has 3 aliphatic rings. The Hall–Kier alpha value is -0.630. The van der Waals surface area contributed by atoms with Crippen LogP contribution in [-0.4, -0.2) is 73.1 Å². The summed E-state index contributed by atoms with van der Waals surface area (Å²) in [7, 11) is 0. The molecule has 0 bridgehead atoms. The van der Waals surface area contributed by atoms with Gasteiger partial charge in [0, 0.05) is 45.3 Å². The van der Waals surface area contributed by atoms with Crippen LogP contribution < -0.4 is 0 Å². The van der Waals surface area contributed by atoms with Gasteiger partial charge in [-0.2, -0.15) is 5.26 Å². The highest BCUT2D eigenvalue weighted by atomic mass is 15.3. The molecule has 0 spiro atoms. The highest BCUT2D eigenvalue weighted by Crippen LogP contribution is 2.51. The van der Waals surface area contributed by atoms with Crippen LogP contribution in [0.5, 0.6) is 0 Å². The Labute approximate surface area is 167 Å². The fourth-order valence-electron chi connectivity index (χ4n) is 5.44. The molecule has 2 aliphatic heterocycles. The van der Waals surface area contributed by atoms with Crippen LogP contribution in [0.15, 0.2) is 0 Å². The third kappa shape index (κ3) is 5.46. The molecule has 4 heteroatoms. The number of piperazine rings is 1. The van der Waals surface area contributed by atoms with Crippen LogP contribution in [0.3, 0.4) is 0 Å². The van der Waals surface area contributed by atoms with Gasteiger partial charge in [0.1, 0.15) is 0 Å². The Morgan fingerprint density at radius 2 is 1.44 bits per heavy atom. The SMILES string of the molecule is CCC(C)N1CCN(CC2(C#N)CCN(CC3(CC(C)C)CC3)CC2)CC1. The van der Waals surface area contributed by atoms with E-state index in [0.29, 0.717) is 11.5 Å². The lowest BCUT2D eigenvalue weighted by atomic mass is 9.78. The van der Waals surface area contributed by atoms with Gasteiger partial charge < -0.3 is 4.90 Å². The van der Waals surface area contributed by atoms with E-state index in [4.69, 9.17) is 0 Å². The van der Waals surface area contributed by atoms with Crippen molar-refractivity contribution in [3.05, 3.63) is 0 Å². The van der Waals surface area contributed by atoms with E-state index < -0.39 is 0 Å². The van der Waals surface area contributed by atoms with Crippen LogP contribution in [0.2, 0.25) is 0 Å². The molecule has 0 aromatic rings. The summed E-state index contributed by atoms with van der Waals surface area (Å²) in [4.78, 5) is 7.85. The number of rotatable bonds is 8. The smallest absolute Gasteiger partial charge is 0.0725 e. The van der Waals surface area contributed by atoms with Gasteiger partial charge in [-0.1, -0.05) is 20.8 Å². The summed E-state index contributed by atoms with van der Waals surface area (Å²) in [5, 5.41) is 9.99. The molecule has 1 saturated carbocycles. The lowest BCUT2D eigenvalue weighted by Gasteiger charge is -2.44. The topological polar surface area (TPSA) is 33.5 Å². The van der Waals surface area contributed by atoms with Gasteiger partial charge in [-0.25, -0.2) is 0 Å². The zero-order valence-electron chi connectivity index (χ0n) is 18.3. The van der Waals surface area contributed by atoms with Gasteiger partial charge in [-0.15, -0.1) is 0 Å². The van der Waals surface area contributed by atoms with E-state index >= 15 is 0 Å². The van der Waals surface area contributed by atoms with Crippen molar-refractivity contribution in [2.75, 3.05) is 52.4 Å². The number of piperidine rings is 1. The maximum atomic E-state index is 9.99. The Balaban J connectivity index is 1.45. The van der Waals surface area contributed by atoms with Gasteiger partial charge in [-0.3, -0.25) is 9.80 Å². The van der Waals surface area contributed by atoms with E-state index in [1.807, 2.05) is 0 Å². The molecule has 27 heavy (non-hydrogen) atoms. The molecule has 0 aromatic carbocycles. The molecule has 0 amide bonds. The van der Waals surface area contributed by atoms with Gasteiger partial charge in [0.05, 0.1) is 11.5 Å². The van der Waals surface area contributed by atoms with Gasteiger partial charge in [0.2, 0.25) is 0 Å². The van der Waals surface area contributed by atoms with E-state index in [-0.39, 0.29) is 5.41 Å². The van der Waals surface area contributed by atoms with Crippen molar-refractivity contribution < 1.29 is 0 Å². The van der Waals surface area contributed by atoms with Crippen LogP contribution in [-0.2, 0) is 0 Å². The second kappa shape index (κ2) is 8.80. The predicted molar refractivity (Wildman–Crippen MR) is 113 cm³/mol. The fourth-order valence-corrected chi connectivity index (χ4v) is 5.44. The first-order valence-corrected chi connectivity index (χ1v) is 11.5. The number of nitriles is 1. The van der Waals surface area contributed by atoms with Gasteiger partial charge in [0.25, 0.3) is 0 Å². The first-order valence-electron chi connectivity index (χ1n) is 11.5. The fraction of sp³-hybridized carbons (Fsp3) is 0.957. The quantitative estimate of drug-likeness (QED) is 0.646. The maximum absolute atomic E-state index is 9.99. The monoisotopic (exact) mass is 374 g/mol. The summed E-state index contributed by atoms with van der Waals surface area (Å²) < 4.78 is 0. The number of likely N-dealkylation sites (tertiary alicyclic amines) is 1. The first-order chi connectivity index (χ1) is 12.9. The average molecular weight is 375 g/mol. The normalized spacial score (nSPS) is 27.4. The number of hydrogen-bond acceptors (Lipinski definition) is 4. The van der Waals surface area contributed by atoms with E-state index in [2.05, 4.69) is 48.5 Å². The zero-order chi connectivity index (χ0) is 19.5. The summed E-state index contributed by atoms with van der Waals surface area (Å²) in [5.74, 6) is 0.810. The molecule has 0 N–H and O–H groups in total. The molecule has 154 valence electrons. The first kappa shape index (κ1) is 21.1. The lowest BCUT2D eigenvalue weighted by molar-refractivity contribution is 0.0499. The Morgan fingerprint density at radius 3 is 1.93 bits per heavy atom. The van der Waals surface area contributed by atoms with Crippen molar-refractivity contribution in [2.24, 2.45) is 16.7 Å². The second-order valence-electron chi connectivity index (χ2n) is 10.3. The highest BCUT2D eigenvalue weighted by molar-refractivity contribution is 5.05. The average Bonchev–Trinajstić information content (AvgIpc) is 3.41. The van der Waals surface area contributed by atoms with Gasteiger partial charge >= 0.3 is 0 Å². The molecule has 1 atom stereocenters. The molecule has 1 aliphatic carbocycles. The molecule has 3 fully saturated rings. The maximum Gasteiger partial charge on any atom is 0.0725 e.